The van der Waals surface area contributed by atoms with Crippen LogP contribution >= 0.6 is 0 Å². The second-order valence-corrected chi connectivity index (χ2v) is 9.72. The number of rotatable bonds is 4. The monoisotopic (exact) mass is 488 g/mol. The normalized spacial score (nSPS) is 21.3. The van der Waals surface area contributed by atoms with E-state index < -0.39 is 12.1 Å². The smallest absolute Gasteiger partial charge is 0.263 e. The molecule has 2 unspecified atom stereocenters. The molecule has 188 valence electrons. The van der Waals surface area contributed by atoms with Crippen LogP contribution in [0.2, 0.25) is 0 Å². The van der Waals surface area contributed by atoms with E-state index in [-0.39, 0.29) is 23.9 Å². The lowest BCUT2D eigenvalue weighted by atomic mass is 10.0. The molecule has 2 amide bonds. The molecule has 2 N–H and O–H groups in total. The number of amides is 2. The maximum Gasteiger partial charge on any atom is 0.263 e. The Morgan fingerprint density at radius 2 is 1.75 bits per heavy atom. The van der Waals surface area contributed by atoms with Gasteiger partial charge in [0.2, 0.25) is 5.91 Å². The molecular weight excluding hydrogens is 456 g/mol. The quantitative estimate of drug-likeness (QED) is 0.582. The zero-order valence-electron chi connectivity index (χ0n) is 20.8. The van der Waals surface area contributed by atoms with Crippen molar-refractivity contribution >= 4 is 28.5 Å². The minimum Gasteiger partial charge on any atom is -0.481 e. The summed E-state index contributed by atoms with van der Waals surface area (Å²) in [5.41, 5.74) is 0.839. The number of nitrogens with one attached hydrogen (secondary N) is 2. The third kappa shape index (κ3) is 4.97. The molecule has 36 heavy (non-hydrogen) atoms. The number of aromatic nitrogens is 2. The van der Waals surface area contributed by atoms with Crippen molar-refractivity contribution in [3.8, 4) is 5.75 Å². The Morgan fingerprint density at radius 3 is 2.53 bits per heavy atom. The van der Waals surface area contributed by atoms with Crippen molar-refractivity contribution < 1.29 is 14.3 Å². The molecule has 0 saturated carbocycles. The van der Waals surface area contributed by atoms with E-state index in [9.17, 15) is 9.59 Å². The number of piperazine rings is 1. The third-order valence-corrected chi connectivity index (χ3v) is 6.75. The molecule has 0 radical (unpaired) electrons. The fourth-order valence-electron chi connectivity index (χ4n) is 4.78. The first-order valence-corrected chi connectivity index (χ1v) is 12.5. The number of nitrogens with zero attached hydrogens (tertiary/aromatic N) is 4. The number of para-hydroxylation sites is 2. The van der Waals surface area contributed by atoms with Crippen molar-refractivity contribution in [2.45, 2.75) is 45.6 Å². The largest absolute Gasteiger partial charge is 0.481 e. The molecule has 2 aromatic carbocycles. The first-order chi connectivity index (χ1) is 17.4. The molecular formula is C27H32N6O3. The van der Waals surface area contributed by atoms with E-state index in [4.69, 9.17) is 14.7 Å². The van der Waals surface area contributed by atoms with E-state index in [0.717, 1.165) is 10.9 Å². The molecule has 1 saturated heterocycles. The van der Waals surface area contributed by atoms with E-state index in [1.165, 1.54) is 0 Å². The highest BCUT2D eigenvalue weighted by Crippen LogP contribution is 2.25. The molecule has 9 heteroatoms. The van der Waals surface area contributed by atoms with Gasteiger partial charge in [0.1, 0.15) is 29.6 Å². The topological polar surface area (TPSA) is 99.7 Å². The summed E-state index contributed by atoms with van der Waals surface area (Å²) in [5.74, 6) is 1.81. The van der Waals surface area contributed by atoms with E-state index >= 15 is 0 Å². The van der Waals surface area contributed by atoms with Gasteiger partial charge in [-0.05, 0) is 37.1 Å². The fourth-order valence-corrected chi connectivity index (χ4v) is 4.78. The van der Waals surface area contributed by atoms with Crippen LogP contribution in [0, 0.1) is 5.92 Å². The molecule has 2 bridgehead atoms. The molecule has 9 nitrogen and oxygen atoms in total. The van der Waals surface area contributed by atoms with Gasteiger partial charge in [-0.2, -0.15) is 0 Å². The van der Waals surface area contributed by atoms with Crippen molar-refractivity contribution in [2.75, 3.05) is 25.0 Å². The zero-order valence-corrected chi connectivity index (χ0v) is 20.8. The van der Waals surface area contributed by atoms with Crippen molar-refractivity contribution in [1.82, 2.24) is 25.1 Å². The van der Waals surface area contributed by atoms with Crippen LogP contribution in [0.15, 0.2) is 54.6 Å². The van der Waals surface area contributed by atoms with Crippen LogP contribution in [0.5, 0.6) is 5.75 Å². The highest BCUT2D eigenvalue weighted by atomic mass is 16.5. The minimum absolute atomic E-state index is 0.0238. The lowest BCUT2D eigenvalue weighted by Gasteiger charge is -2.43. The van der Waals surface area contributed by atoms with Crippen molar-refractivity contribution in [2.24, 2.45) is 5.92 Å². The van der Waals surface area contributed by atoms with Gasteiger partial charge in [-0.15, -0.1) is 0 Å². The molecule has 3 atom stereocenters. The predicted octanol–water partition coefficient (Wildman–Crippen LogP) is 2.63. The van der Waals surface area contributed by atoms with Crippen LogP contribution < -0.4 is 15.4 Å². The van der Waals surface area contributed by atoms with Crippen LogP contribution in [-0.2, 0) is 16.1 Å². The van der Waals surface area contributed by atoms with Crippen molar-refractivity contribution in [1.29, 1.82) is 0 Å². The minimum atomic E-state index is -0.634. The second kappa shape index (κ2) is 10.1. The van der Waals surface area contributed by atoms with E-state index in [0.29, 0.717) is 43.6 Å². The maximum atomic E-state index is 13.4. The first kappa shape index (κ1) is 24.0. The standard InChI is InChI=1S/C27H32N6O3/c1-17(2)24-26(34)30-23-16-33(27(35)18(3)36-19-9-5-4-6-10-19)14-13-32(23)15-22-28-21-12-8-7-11-20(21)25(29-22)31-24/h4-12,17-18,23-24H,13-16H2,1-3H3,(H,30,34)(H,28,29,31)/t18?,23?,24-/m0/s1. The van der Waals surface area contributed by atoms with Gasteiger partial charge in [0.05, 0.1) is 18.6 Å². The molecule has 1 aromatic heterocycles. The Balaban J connectivity index is 1.40. The number of hydrogen-bond acceptors (Lipinski definition) is 7. The van der Waals surface area contributed by atoms with E-state index in [1.807, 2.05) is 68.4 Å². The van der Waals surface area contributed by atoms with Crippen LogP contribution in [0.3, 0.4) is 0 Å². The summed E-state index contributed by atoms with van der Waals surface area (Å²) in [4.78, 5) is 40.2. The Morgan fingerprint density at radius 1 is 1.00 bits per heavy atom. The SMILES string of the molecule is CC(Oc1ccccc1)C(=O)N1CCN2Cc3nc(c4ccccc4n3)N[C@@H](C(C)C)C(=O)NC2C1. The fraction of sp³-hybridized carbons (Fsp3) is 0.407. The number of carbonyl (C=O) groups is 2. The van der Waals surface area contributed by atoms with Gasteiger partial charge in [-0.25, -0.2) is 9.97 Å². The van der Waals surface area contributed by atoms with Gasteiger partial charge in [-0.3, -0.25) is 14.5 Å². The number of fused-ring (bicyclic) bond motifs is 5. The number of carbonyl (C=O) groups excluding carboxylic acids is 2. The summed E-state index contributed by atoms with van der Waals surface area (Å²) in [7, 11) is 0. The van der Waals surface area contributed by atoms with Crippen LogP contribution in [0.25, 0.3) is 10.9 Å². The number of ether oxygens (including phenoxy) is 1. The summed E-state index contributed by atoms with van der Waals surface area (Å²) in [5, 5.41) is 7.45. The molecule has 2 aliphatic rings. The maximum absolute atomic E-state index is 13.4. The Hall–Kier alpha value is -3.72. The average molecular weight is 489 g/mol. The molecule has 1 fully saturated rings. The van der Waals surface area contributed by atoms with Crippen LogP contribution in [0.4, 0.5) is 5.82 Å². The van der Waals surface area contributed by atoms with Gasteiger partial charge in [-0.1, -0.05) is 44.2 Å². The zero-order chi connectivity index (χ0) is 25.2. The lowest BCUT2D eigenvalue weighted by molar-refractivity contribution is -0.143. The first-order valence-electron chi connectivity index (χ1n) is 12.5. The van der Waals surface area contributed by atoms with E-state index in [2.05, 4.69) is 15.5 Å². The number of benzene rings is 2. The second-order valence-electron chi connectivity index (χ2n) is 9.72. The average Bonchev–Trinajstić information content (AvgIpc) is 2.87. The molecule has 5 rings (SSSR count). The molecule has 3 heterocycles. The Labute approximate surface area is 210 Å². The van der Waals surface area contributed by atoms with Gasteiger partial charge < -0.3 is 20.3 Å². The Kier molecular flexibility index (Phi) is 6.73. The summed E-state index contributed by atoms with van der Waals surface area (Å²) in [6.07, 6.45) is -0.996. The van der Waals surface area contributed by atoms with Crippen LogP contribution in [0.1, 0.15) is 26.6 Å². The van der Waals surface area contributed by atoms with Crippen molar-refractivity contribution in [3.05, 3.63) is 60.4 Å². The number of hydrogen-bond donors (Lipinski definition) is 2. The summed E-state index contributed by atoms with van der Waals surface area (Å²) < 4.78 is 5.86. The van der Waals surface area contributed by atoms with Gasteiger partial charge >= 0.3 is 0 Å². The Bertz CT molecular complexity index is 1250. The predicted molar refractivity (Wildman–Crippen MR) is 137 cm³/mol. The molecule has 0 aliphatic carbocycles. The van der Waals surface area contributed by atoms with E-state index in [1.54, 1.807) is 11.8 Å². The molecule has 2 aliphatic heterocycles. The summed E-state index contributed by atoms with van der Waals surface area (Å²) >= 11 is 0. The van der Waals surface area contributed by atoms with Gasteiger partial charge in [0, 0.05) is 18.5 Å². The van der Waals surface area contributed by atoms with Crippen LogP contribution in [-0.4, -0.2) is 69.5 Å². The van der Waals surface area contributed by atoms with Gasteiger partial charge in [0.25, 0.3) is 5.91 Å². The summed E-state index contributed by atoms with van der Waals surface area (Å²) in [6.45, 7) is 7.71. The highest BCUT2D eigenvalue weighted by molar-refractivity contribution is 5.92. The van der Waals surface area contributed by atoms with Gasteiger partial charge in [0.15, 0.2) is 6.10 Å². The molecule has 0 spiro atoms. The third-order valence-electron chi connectivity index (χ3n) is 6.75. The highest BCUT2D eigenvalue weighted by Gasteiger charge is 2.36. The van der Waals surface area contributed by atoms with Crippen molar-refractivity contribution in [3.63, 3.8) is 0 Å². The number of anilines is 1. The summed E-state index contributed by atoms with van der Waals surface area (Å²) in [6, 6.07) is 16.7. The lowest BCUT2D eigenvalue weighted by Crippen LogP contribution is -2.63. The molecule has 3 aromatic rings.